The van der Waals surface area contributed by atoms with Gasteiger partial charge in [0.2, 0.25) is 0 Å². The Morgan fingerprint density at radius 3 is 2.32 bits per heavy atom. The standard InChI is InChI=1S/C23H19NO/c1-18-11-13-20(14-12-18)22(16-24)15-21-9-5-6-10-23(21)25-17-19-7-3-2-4-8-19/h2-15H,17H2,1H3/b22-15-. The Balaban J connectivity index is 1.86. The van der Waals surface area contributed by atoms with Crippen molar-refractivity contribution in [2.75, 3.05) is 0 Å². The van der Waals surface area contributed by atoms with Crippen LogP contribution in [0.25, 0.3) is 11.6 Å². The van der Waals surface area contributed by atoms with Gasteiger partial charge in [-0.05, 0) is 30.2 Å². The Hall–Kier alpha value is -3.31. The number of ether oxygens (including phenoxy) is 1. The minimum atomic E-state index is 0.498. The first-order valence-electron chi connectivity index (χ1n) is 8.21. The second-order valence-corrected chi connectivity index (χ2v) is 5.85. The quantitative estimate of drug-likeness (QED) is 0.449. The van der Waals surface area contributed by atoms with Crippen LogP contribution in [-0.2, 0) is 6.61 Å². The van der Waals surface area contributed by atoms with E-state index < -0.39 is 0 Å². The van der Waals surface area contributed by atoms with E-state index in [-0.39, 0.29) is 0 Å². The molecule has 0 unspecified atom stereocenters. The summed E-state index contributed by atoms with van der Waals surface area (Å²) in [6.45, 7) is 2.53. The van der Waals surface area contributed by atoms with Gasteiger partial charge in [0.1, 0.15) is 12.4 Å². The molecule has 0 saturated carbocycles. The van der Waals surface area contributed by atoms with Crippen LogP contribution < -0.4 is 4.74 Å². The third-order valence-electron chi connectivity index (χ3n) is 3.94. The Bertz CT molecular complexity index is 903. The zero-order chi connectivity index (χ0) is 17.5. The molecule has 0 aliphatic rings. The zero-order valence-electron chi connectivity index (χ0n) is 14.1. The van der Waals surface area contributed by atoms with Crippen molar-refractivity contribution in [1.82, 2.24) is 0 Å². The highest BCUT2D eigenvalue weighted by Gasteiger charge is 2.05. The molecule has 3 aromatic rings. The molecule has 0 bridgehead atoms. The molecule has 0 aliphatic carbocycles. The Morgan fingerprint density at radius 2 is 1.60 bits per heavy atom. The van der Waals surface area contributed by atoms with Crippen LogP contribution >= 0.6 is 0 Å². The summed E-state index contributed by atoms with van der Waals surface area (Å²) in [5.74, 6) is 0.770. The number of aryl methyl sites for hydroxylation is 1. The molecule has 0 heterocycles. The maximum absolute atomic E-state index is 9.55. The molecular weight excluding hydrogens is 306 g/mol. The number of hydrogen-bond donors (Lipinski definition) is 0. The smallest absolute Gasteiger partial charge is 0.127 e. The fraction of sp³-hybridized carbons (Fsp3) is 0.0870. The monoisotopic (exact) mass is 325 g/mol. The first-order chi connectivity index (χ1) is 12.3. The van der Waals surface area contributed by atoms with Gasteiger partial charge in [-0.25, -0.2) is 0 Å². The number of hydrogen-bond acceptors (Lipinski definition) is 2. The Kier molecular flexibility index (Phi) is 5.29. The predicted molar refractivity (Wildman–Crippen MR) is 102 cm³/mol. The van der Waals surface area contributed by atoms with Gasteiger partial charge in [-0.3, -0.25) is 0 Å². The van der Waals surface area contributed by atoms with Gasteiger partial charge in [0.15, 0.2) is 0 Å². The topological polar surface area (TPSA) is 33.0 Å². The summed E-state index contributed by atoms with van der Waals surface area (Å²) < 4.78 is 5.97. The van der Waals surface area contributed by atoms with Crippen LogP contribution in [0, 0.1) is 18.3 Å². The SMILES string of the molecule is Cc1ccc(/C(C#N)=C\c2ccccc2OCc2ccccc2)cc1. The van der Waals surface area contributed by atoms with Gasteiger partial charge in [-0.1, -0.05) is 78.4 Å². The van der Waals surface area contributed by atoms with Gasteiger partial charge in [0.05, 0.1) is 11.6 Å². The lowest BCUT2D eigenvalue weighted by atomic mass is 10.0. The van der Waals surface area contributed by atoms with Crippen LogP contribution in [0.1, 0.15) is 22.3 Å². The summed E-state index contributed by atoms with van der Waals surface area (Å²) in [6, 6.07) is 28.1. The Labute approximate surface area is 148 Å². The maximum atomic E-state index is 9.55. The summed E-state index contributed by atoms with van der Waals surface area (Å²) in [4.78, 5) is 0. The van der Waals surface area contributed by atoms with Gasteiger partial charge in [-0.2, -0.15) is 5.26 Å². The molecule has 0 N–H and O–H groups in total. The van der Waals surface area contributed by atoms with Gasteiger partial charge < -0.3 is 4.74 Å². The van der Waals surface area contributed by atoms with Crippen molar-refractivity contribution in [1.29, 1.82) is 5.26 Å². The fourth-order valence-corrected chi connectivity index (χ4v) is 2.54. The van der Waals surface area contributed by atoms with Crippen molar-refractivity contribution < 1.29 is 4.74 Å². The number of nitriles is 1. The highest BCUT2D eigenvalue weighted by Crippen LogP contribution is 2.25. The summed E-state index contributed by atoms with van der Waals surface area (Å²) in [5, 5.41) is 9.55. The number of benzene rings is 3. The minimum absolute atomic E-state index is 0.498. The van der Waals surface area contributed by atoms with Crippen molar-refractivity contribution in [3.63, 3.8) is 0 Å². The molecule has 0 saturated heterocycles. The van der Waals surface area contributed by atoms with E-state index in [0.29, 0.717) is 12.2 Å². The average Bonchev–Trinajstić information content (AvgIpc) is 2.67. The van der Waals surface area contributed by atoms with Crippen molar-refractivity contribution in [2.24, 2.45) is 0 Å². The first-order valence-corrected chi connectivity index (χ1v) is 8.21. The highest BCUT2D eigenvalue weighted by molar-refractivity contribution is 5.90. The van der Waals surface area contributed by atoms with E-state index in [4.69, 9.17) is 4.74 Å². The molecule has 0 amide bonds. The minimum Gasteiger partial charge on any atom is -0.488 e. The van der Waals surface area contributed by atoms with Gasteiger partial charge in [0, 0.05) is 5.56 Å². The van der Waals surface area contributed by atoms with E-state index >= 15 is 0 Å². The summed E-state index contributed by atoms with van der Waals surface area (Å²) >= 11 is 0. The number of para-hydroxylation sites is 1. The van der Waals surface area contributed by atoms with Crippen LogP contribution in [-0.4, -0.2) is 0 Å². The third-order valence-corrected chi connectivity index (χ3v) is 3.94. The molecule has 2 heteroatoms. The normalized spacial score (nSPS) is 11.0. The molecule has 3 aromatic carbocycles. The summed E-state index contributed by atoms with van der Waals surface area (Å²) in [7, 11) is 0. The molecule has 3 rings (SSSR count). The van der Waals surface area contributed by atoms with E-state index in [9.17, 15) is 5.26 Å². The van der Waals surface area contributed by atoms with Crippen molar-refractivity contribution in [2.45, 2.75) is 13.5 Å². The fourth-order valence-electron chi connectivity index (χ4n) is 2.54. The van der Waals surface area contributed by atoms with Crippen LogP contribution in [0.4, 0.5) is 0 Å². The lowest BCUT2D eigenvalue weighted by Crippen LogP contribution is -1.96. The first kappa shape index (κ1) is 16.5. The molecule has 0 spiro atoms. The lowest BCUT2D eigenvalue weighted by molar-refractivity contribution is 0.305. The second kappa shape index (κ2) is 7.99. The van der Waals surface area contributed by atoms with E-state index in [0.717, 1.165) is 22.4 Å². The Morgan fingerprint density at radius 1 is 0.920 bits per heavy atom. The maximum Gasteiger partial charge on any atom is 0.127 e. The van der Waals surface area contributed by atoms with E-state index in [2.05, 4.69) is 6.07 Å². The van der Waals surface area contributed by atoms with Gasteiger partial charge in [-0.15, -0.1) is 0 Å². The lowest BCUT2D eigenvalue weighted by Gasteiger charge is -2.10. The molecule has 0 fully saturated rings. The van der Waals surface area contributed by atoms with E-state index in [1.54, 1.807) is 0 Å². The van der Waals surface area contributed by atoms with Crippen LogP contribution in [0.2, 0.25) is 0 Å². The molecule has 0 radical (unpaired) electrons. The zero-order valence-corrected chi connectivity index (χ0v) is 14.1. The van der Waals surface area contributed by atoms with Crippen LogP contribution in [0.5, 0.6) is 5.75 Å². The van der Waals surface area contributed by atoms with Gasteiger partial charge >= 0.3 is 0 Å². The molecule has 2 nitrogen and oxygen atoms in total. The summed E-state index contributed by atoms with van der Waals surface area (Å²) in [5.41, 5.74) is 4.71. The third kappa shape index (κ3) is 4.37. The number of nitrogens with zero attached hydrogens (tertiary/aromatic N) is 1. The van der Waals surface area contributed by atoms with Gasteiger partial charge in [0.25, 0.3) is 0 Å². The molecule has 0 atom stereocenters. The van der Waals surface area contributed by atoms with E-state index in [1.165, 1.54) is 5.56 Å². The van der Waals surface area contributed by atoms with Crippen LogP contribution in [0.15, 0.2) is 78.9 Å². The molecule has 122 valence electrons. The highest BCUT2D eigenvalue weighted by atomic mass is 16.5. The van der Waals surface area contributed by atoms with Crippen molar-refractivity contribution in [3.05, 3.63) is 101 Å². The molecule has 0 aromatic heterocycles. The predicted octanol–water partition coefficient (Wildman–Crippen LogP) is 5.64. The number of allylic oxidation sites excluding steroid dienone is 1. The van der Waals surface area contributed by atoms with Crippen molar-refractivity contribution in [3.8, 4) is 11.8 Å². The summed E-state index contributed by atoms with van der Waals surface area (Å²) in [6.07, 6.45) is 1.88. The molecule has 0 aliphatic heterocycles. The molecular formula is C23H19NO. The average molecular weight is 325 g/mol. The van der Waals surface area contributed by atoms with Crippen molar-refractivity contribution >= 4 is 11.6 Å². The number of rotatable bonds is 5. The largest absolute Gasteiger partial charge is 0.488 e. The van der Waals surface area contributed by atoms with Crippen LogP contribution in [0.3, 0.4) is 0 Å². The molecule has 25 heavy (non-hydrogen) atoms. The van der Waals surface area contributed by atoms with E-state index in [1.807, 2.05) is 91.9 Å². The second-order valence-electron chi connectivity index (χ2n) is 5.85.